The van der Waals surface area contributed by atoms with Gasteiger partial charge in [-0.05, 0) is 36.8 Å². The number of carbonyl (C=O) groups is 2. The molecule has 2 heterocycles. The fourth-order valence-electron chi connectivity index (χ4n) is 4.52. The first-order valence-corrected chi connectivity index (χ1v) is 11.7. The van der Waals surface area contributed by atoms with Gasteiger partial charge in [0.15, 0.2) is 0 Å². The minimum absolute atomic E-state index is 0.0183. The van der Waals surface area contributed by atoms with E-state index < -0.39 is 29.1 Å². The Balaban J connectivity index is 1.81. The van der Waals surface area contributed by atoms with E-state index in [0.717, 1.165) is 17.8 Å². The number of halogens is 3. The molecule has 0 radical (unpaired) electrons. The van der Waals surface area contributed by atoms with Crippen LogP contribution in [-0.4, -0.2) is 66.9 Å². The summed E-state index contributed by atoms with van der Waals surface area (Å²) in [6.07, 6.45) is -4.64. The Kier molecular flexibility index (Phi) is 7.11. The monoisotopic (exact) mass is 512 g/mol. The van der Waals surface area contributed by atoms with E-state index in [1.54, 1.807) is 0 Å². The number of benzene rings is 2. The summed E-state index contributed by atoms with van der Waals surface area (Å²) in [6.45, 7) is 3.13. The number of para-hydroxylation sites is 1. The van der Waals surface area contributed by atoms with E-state index in [1.165, 1.54) is 43.0 Å². The Bertz CT molecular complexity index is 1380. The van der Waals surface area contributed by atoms with Crippen LogP contribution in [0.15, 0.2) is 59.4 Å². The summed E-state index contributed by atoms with van der Waals surface area (Å²) < 4.78 is 40.6. The van der Waals surface area contributed by atoms with Crippen molar-refractivity contribution in [3.8, 4) is 11.1 Å². The largest absolute Gasteiger partial charge is 0.416 e. The van der Waals surface area contributed by atoms with E-state index in [2.05, 4.69) is 9.88 Å². The molecule has 2 amide bonds. The normalized spacial score (nSPS) is 14.0. The number of nitrogens with one attached hydrogen (secondary N) is 1. The van der Waals surface area contributed by atoms with Gasteiger partial charge in [-0.25, -0.2) is 0 Å². The second-order valence-corrected chi connectivity index (χ2v) is 9.10. The van der Waals surface area contributed by atoms with Crippen LogP contribution in [0.1, 0.15) is 32.0 Å². The van der Waals surface area contributed by atoms with Gasteiger partial charge in [0.2, 0.25) is 0 Å². The number of alkyl halides is 3. The highest BCUT2D eigenvalue weighted by molar-refractivity contribution is 6.09. The van der Waals surface area contributed by atoms with Gasteiger partial charge in [0, 0.05) is 57.2 Å². The SMILES string of the molecule is Cc1[nH]c(=O)c(C(=O)N2CCN(c3ccccc3)CC2)c(-c2cccc(C(F)(F)F)c2)c1C(=O)N(C)C. The maximum atomic E-state index is 13.7. The van der Waals surface area contributed by atoms with Gasteiger partial charge >= 0.3 is 6.18 Å². The molecule has 1 N–H and O–H groups in total. The van der Waals surface area contributed by atoms with Crippen LogP contribution in [0.3, 0.4) is 0 Å². The first-order valence-electron chi connectivity index (χ1n) is 11.7. The Morgan fingerprint density at radius 1 is 0.919 bits per heavy atom. The number of aromatic nitrogens is 1. The van der Waals surface area contributed by atoms with E-state index >= 15 is 0 Å². The van der Waals surface area contributed by atoms with Crippen LogP contribution in [0, 0.1) is 6.92 Å². The van der Waals surface area contributed by atoms with E-state index in [1.807, 2.05) is 30.3 Å². The first kappa shape index (κ1) is 26.0. The Morgan fingerprint density at radius 2 is 1.57 bits per heavy atom. The summed E-state index contributed by atoms with van der Waals surface area (Å²) in [5, 5.41) is 0. The standard InChI is InChI=1S/C27H27F3N4O3/c1-17-21(25(36)32(2)3)22(18-8-7-9-19(16-18)27(28,29)30)23(24(35)31-17)26(37)34-14-12-33(13-15-34)20-10-5-4-6-11-20/h4-11,16H,12-15H2,1-3H3,(H,31,35). The van der Waals surface area contributed by atoms with E-state index in [0.29, 0.717) is 26.2 Å². The lowest BCUT2D eigenvalue weighted by Crippen LogP contribution is -2.50. The number of carbonyl (C=O) groups excluding carboxylic acids is 2. The number of aromatic amines is 1. The molecular weight excluding hydrogens is 485 g/mol. The summed E-state index contributed by atoms with van der Waals surface area (Å²) >= 11 is 0. The predicted octanol–water partition coefficient (Wildman–Crippen LogP) is 4.03. The molecular formula is C27H27F3N4O3. The van der Waals surface area contributed by atoms with E-state index in [4.69, 9.17) is 0 Å². The van der Waals surface area contributed by atoms with Crippen molar-refractivity contribution in [1.82, 2.24) is 14.8 Å². The molecule has 2 aromatic carbocycles. The van der Waals surface area contributed by atoms with Crippen molar-refractivity contribution in [2.45, 2.75) is 13.1 Å². The van der Waals surface area contributed by atoms with Gasteiger partial charge in [0.1, 0.15) is 5.56 Å². The van der Waals surface area contributed by atoms with Crippen molar-refractivity contribution < 1.29 is 22.8 Å². The maximum absolute atomic E-state index is 13.7. The molecule has 7 nitrogen and oxygen atoms in total. The number of hydrogen-bond donors (Lipinski definition) is 1. The molecule has 37 heavy (non-hydrogen) atoms. The number of rotatable bonds is 4. The van der Waals surface area contributed by atoms with Gasteiger partial charge in [0.25, 0.3) is 17.4 Å². The second kappa shape index (κ2) is 10.1. The lowest BCUT2D eigenvalue weighted by atomic mass is 9.91. The van der Waals surface area contributed by atoms with E-state index in [-0.39, 0.29) is 27.9 Å². The molecule has 1 aliphatic heterocycles. The minimum atomic E-state index is -4.64. The first-order chi connectivity index (χ1) is 17.5. The topological polar surface area (TPSA) is 76.7 Å². The van der Waals surface area contributed by atoms with Gasteiger partial charge in [0.05, 0.1) is 11.1 Å². The lowest BCUT2D eigenvalue weighted by Gasteiger charge is -2.36. The zero-order valence-corrected chi connectivity index (χ0v) is 20.7. The second-order valence-electron chi connectivity index (χ2n) is 9.10. The van der Waals surface area contributed by atoms with Gasteiger partial charge in [-0.2, -0.15) is 13.2 Å². The average Bonchev–Trinajstić information content (AvgIpc) is 2.87. The number of pyridine rings is 1. The molecule has 0 spiro atoms. The van der Waals surface area contributed by atoms with Crippen molar-refractivity contribution in [3.63, 3.8) is 0 Å². The average molecular weight is 513 g/mol. The van der Waals surface area contributed by atoms with E-state index in [9.17, 15) is 27.6 Å². The van der Waals surface area contributed by atoms with Crippen molar-refractivity contribution >= 4 is 17.5 Å². The highest BCUT2D eigenvalue weighted by atomic mass is 19.4. The summed E-state index contributed by atoms with van der Waals surface area (Å²) in [4.78, 5) is 47.5. The van der Waals surface area contributed by atoms with Crippen LogP contribution in [-0.2, 0) is 6.18 Å². The van der Waals surface area contributed by atoms with Crippen LogP contribution in [0.5, 0.6) is 0 Å². The summed E-state index contributed by atoms with van der Waals surface area (Å²) in [7, 11) is 2.99. The molecule has 0 atom stereocenters. The van der Waals surface area contributed by atoms with Crippen LogP contribution < -0.4 is 10.5 Å². The zero-order valence-electron chi connectivity index (χ0n) is 20.7. The molecule has 0 saturated carbocycles. The molecule has 0 bridgehead atoms. The number of hydrogen-bond acceptors (Lipinski definition) is 4. The van der Waals surface area contributed by atoms with Gasteiger partial charge in [-0.1, -0.05) is 30.3 Å². The van der Waals surface area contributed by atoms with Crippen LogP contribution in [0.4, 0.5) is 18.9 Å². The van der Waals surface area contributed by atoms with Gasteiger partial charge in [-0.3, -0.25) is 14.4 Å². The zero-order chi connectivity index (χ0) is 26.9. The van der Waals surface area contributed by atoms with Crippen molar-refractivity contribution in [2.24, 2.45) is 0 Å². The minimum Gasteiger partial charge on any atom is -0.368 e. The summed E-state index contributed by atoms with van der Waals surface area (Å²) in [5.74, 6) is -1.17. The number of nitrogens with zero attached hydrogens (tertiary/aromatic N) is 3. The van der Waals surface area contributed by atoms with Crippen LogP contribution >= 0.6 is 0 Å². The molecule has 1 aromatic heterocycles. The van der Waals surface area contributed by atoms with Crippen molar-refractivity contribution in [1.29, 1.82) is 0 Å². The molecule has 1 aliphatic rings. The predicted molar refractivity (Wildman–Crippen MR) is 135 cm³/mol. The van der Waals surface area contributed by atoms with Crippen molar-refractivity contribution in [3.05, 3.63) is 87.3 Å². The molecule has 10 heteroatoms. The number of H-pyrrole nitrogens is 1. The Hall–Kier alpha value is -4.08. The lowest BCUT2D eigenvalue weighted by molar-refractivity contribution is -0.137. The third-order valence-corrected chi connectivity index (χ3v) is 6.40. The molecule has 1 fully saturated rings. The van der Waals surface area contributed by atoms with Gasteiger partial charge < -0.3 is 19.7 Å². The molecule has 4 rings (SSSR count). The van der Waals surface area contributed by atoms with Crippen LogP contribution in [0.2, 0.25) is 0 Å². The fraction of sp³-hybridized carbons (Fsp3) is 0.296. The number of amides is 2. The molecule has 194 valence electrons. The summed E-state index contributed by atoms with van der Waals surface area (Å²) in [5.41, 5.74) is -1.01. The number of aryl methyl sites for hydroxylation is 1. The molecule has 0 unspecified atom stereocenters. The third kappa shape index (κ3) is 5.23. The Labute approximate surface area is 212 Å². The number of anilines is 1. The number of piperazine rings is 1. The molecule has 3 aromatic rings. The molecule has 0 aliphatic carbocycles. The highest BCUT2D eigenvalue weighted by Crippen LogP contribution is 2.35. The molecule has 1 saturated heterocycles. The highest BCUT2D eigenvalue weighted by Gasteiger charge is 2.34. The third-order valence-electron chi connectivity index (χ3n) is 6.40. The van der Waals surface area contributed by atoms with Crippen molar-refractivity contribution in [2.75, 3.05) is 45.2 Å². The quantitative estimate of drug-likeness (QED) is 0.573. The maximum Gasteiger partial charge on any atom is 0.416 e. The summed E-state index contributed by atoms with van der Waals surface area (Å²) in [6, 6.07) is 14.0. The van der Waals surface area contributed by atoms with Gasteiger partial charge in [-0.15, -0.1) is 0 Å². The van der Waals surface area contributed by atoms with Crippen LogP contribution in [0.25, 0.3) is 11.1 Å². The Morgan fingerprint density at radius 3 is 2.16 bits per heavy atom. The fourth-order valence-corrected chi connectivity index (χ4v) is 4.52. The smallest absolute Gasteiger partial charge is 0.368 e.